The quantitative estimate of drug-likeness (QED) is 0.0117. The Balaban J connectivity index is 1.74. The van der Waals surface area contributed by atoms with Crippen molar-refractivity contribution >= 4 is 25.7 Å². The highest BCUT2D eigenvalue weighted by molar-refractivity contribution is 7.47. The highest BCUT2D eigenvalue weighted by atomic mass is 31.2. The molecule has 0 aromatic rings. The first kappa shape index (κ1) is 90.2. The van der Waals surface area contributed by atoms with Crippen molar-refractivity contribution in [1.29, 1.82) is 0 Å². The molecule has 3 aliphatic rings. The zero-order valence-electron chi connectivity index (χ0n) is 60.5. The van der Waals surface area contributed by atoms with E-state index in [9.17, 15) is 74.9 Å². The maximum atomic E-state index is 14.4. The normalized spacial score (nSPS) is 27.9. The lowest BCUT2D eigenvalue weighted by Crippen LogP contribution is -2.69. The summed E-state index contributed by atoms with van der Waals surface area (Å²) in [5.74, 6) is -1.29. The standard InChI is InChI=1S/C73H137O24P/c1-5-8-11-14-17-19-21-23-25-27-28-30-36-41-46-57(75)89-50-54(92-59(77)48-43-38-33-32-35-40-45-53(4)44-39-34-16-13-10-7-3)51-91-98(87,88)97-71-69(95-72-67(85)62(80)60(78)55(49-74)93-72)65(83)64(82)66(84)70(71)96-73-68(86)63(81)61(79)56(94-73)52-90-58(76)47-42-37-31-29-26-24-22-20-18-15-12-9-6-2/h53-56,60-74,78-86H,5-52H2,1-4H3,(H,87,88). The van der Waals surface area contributed by atoms with Crippen molar-refractivity contribution in [2.45, 2.75) is 414 Å². The van der Waals surface area contributed by atoms with Crippen LogP contribution in [0.15, 0.2) is 0 Å². The van der Waals surface area contributed by atoms with Gasteiger partial charge in [0.05, 0.1) is 13.2 Å². The molecule has 2 saturated heterocycles. The Bertz CT molecular complexity index is 2050. The van der Waals surface area contributed by atoms with Gasteiger partial charge in [-0.1, -0.05) is 272 Å². The van der Waals surface area contributed by atoms with Gasteiger partial charge in [0.25, 0.3) is 0 Å². The van der Waals surface area contributed by atoms with Crippen LogP contribution in [-0.4, -0.2) is 204 Å². The minimum Gasteiger partial charge on any atom is -0.463 e. The minimum atomic E-state index is -5.69. The fraction of sp³-hybridized carbons (Fsp3) is 0.959. The molecule has 0 aromatic heterocycles. The molecule has 98 heavy (non-hydrogen) atoms. The SMILES string of the molecule is CCCCCCCCCCCCCCCCC(=O)OCC(COP(=O)(O)OC1C(OC2OC(CO)C(O)C(O)C2O)C(O)C(O)C(O)C1OC1OC(COC(=O)CCCCCCCCCCCCCCC)C(O)C(O)C1O)OC(=O)CCCCCCCCC(C)CCCCCCCC. The molecule has 2 heterocycles. The molecule has 3 fully saturated rings. The third-order valence-corrected chi connectivity index (χ3v) is 20.5. The molecule has 1 saturated carbocycles. The number of ether oxygens (including phenoxy) is 7. The molecular formula is C73H137O24P. The van der Waals surface area contributed by atoms with Gasteiger partial charge in [-0.3, -0.25) is 23.4 Å². The van der Waals surface area contributed by atoms with Crippen molar-refractivity contribution in [3.05, 3.63) is 0 Å². The molecule has 11 N–H and O–H groups in total. The molecule has 24 nitrogen and oxygen atoms in total. The maximum absolute atomic E-state index is 14.4. The molecule has 19 atom stereocenters. The highest BCUT2D eigenvalue weighted by Gasteiger charge is 2.58. The third-order valence-electron chi connectivity index (χ3n) is 19.5. The van der Waals surface area contributed by atoms with E-state index in [0.717, 1.165) is 89.9 Å². The number of hydrogen-bond donors (Lipinski definition) is 11. The van der Waals surface area contributed by atoms with Gasteiger partial charge in [-0.25, -0.2) is 4.57 Å². The van der Waals surface area contributed by atoms with Gasteiger partial charge in [0.2, 0.25) is 0 Å². The van der Waals surface area contributed by atoms with E-state index in [0.29, 0.717) is 25.2 Å². The van der Waals surface area contributed by atoms with Crippen molar-refractivity contribution in [1.82, 2.24) is 0 Å². The van der Waals surface area contributed by atoms with Crippen molar-refractivity contribution in [2.24, 2.45) is 5.92 Å². The molecule has 0 spiro atoms. The number of carbonyl (C=O) groups is 3. The Morgan fingerprint density at radius 2 is 0.714 bits per heavy atom. The summed E-state index contributed by atoms with van der Waals surface area (Å²) in [5.41, 5.74) is 0. The lowest BCUT2D eigenvalue weighted by atomic mass is 9.84. The molecule has 3 rings (SSSR count). The Kier molecular flexibility index (Phi) is 50.2. The molecule has 578 valence electrons. The fourth-order valence-electron chi connectivity index (χ4n) is 13.1. The van der Waals surface area contributed by atoms with Crippen molar-refractivity contribution in [3.63, 3.8) is 0 Å². The van der Waals surface area contributed by atoms with Crippen LogP contribution in [0.5, 0.6) is 0 Å². The van der Waals surface area contributed by atoms with Gasteiger partial charge in [0.1, 0.15) is 98.7 Å². The molecule has 19 unspecified atom stereocenters. The van der Waals surface area contributed by atoms with Gasteiger partial charge in [0.15, 0.2) is 18.7 Å². The summed E-state index contributed by atoms with van der Waals surface area (Å²) in [6.07, 6.45) is 10.2. The summed E-state index contributed by atoms with van der Waals surface area (Å²) in [6, 6.07) is 0. The lowest BCUT2D eigenvalue weighted by Gasteiger charge is -2.49. The van der Waals surface area contributed by atoms with Crippen molar-refractivity contribution < 1.29 is 117 Å². The van der Waals surface area contributed by atoms with E-state index in [4.69, 9.17) is 42.2 Å². The lowest BCUT2D eigenvalue weighted by molar-refractivity contribution is -0.360. The topological polar surface area (TPSA) is 374 Å². The molecule has 0 aromatic carbocycles. The zero-order chi connectivity index (χ0) is 71.9. The number of esters is 3. The van der Waals surface area contributed by atoms with Gasteiger partial charge < -0.3 is 89.1 Å². The fourth-order valence-corrected chi connectivity index (χ4v) is 14.1. The van der Waals surface area contributed by atoms with E-state index in [1.165, 1.54) is 154 Å². The Morgan fingerprint density at radius 1 is 0.388 bits per heavy atom. The number of unbranched alkanes of at least 4 members (excludes halogenated alkanes) is 35. The van der Waals surface area contributed by atoms with Crippen LogP contribution in [0, 0.1) is 5.92 Å². The number of aliphatic hydroxyl groups is 10. The van der Waals surface area contributed by atoms with Crippen LogP contribution in [0.3, 0.4) is 0 Å². The van der Waals surface area contributed by atoms with E-state index >= 15 is 0 Å². The Labute approximate surface area is 587 Å². The van der Waals surface area contributed by atoms with E-state index in [-0.39, 0.29) is 19.3 Å². The third kappa shape index (κ3) is 37.6. The average molecular weight is 1430 g/mol. The number of phosphoric acid groups is 1. The van der Waals surface area contributed by atoms with Crippen LogP contribution in [0.4, 0.5) is 0 Å². The average Bonchev–Trinajstić information content (AvgIpc) is 0.763. The first-order valence-electron chi connectivity index (χ1n) is 38.7. The summed E-state index contributed by atoms with van der Waals surface area (Å²) in [5, 5.41) is 110. The monoisotopic (exact) mass is 1430 g/mol. The summed E-state index contributed by atoms with van der Waals surface area (Å²) in [4.78, 5) is 51.1. The number of phosphoric ester groups is 1. The Hall–Kier alpha value is -2.04. The van der Waals surface area contributed by atoms with Gasteiger partial charge >= 0.3 is 25.7 Å². The molecule has 0 amide bonds. The van der Waals surface area contributed by atoms with Gasteiger partial charge in [-0.05, 0) is 25.2 Å². The smallest absolute Gasteiger partial charge is 0.463 e. The van der Waals surface area contributed by atoms with E-state index in [2.05, 4.69) is 27.7 Å². The number of carbonyl (C=O) groups excluding carboxylic acids is 3. The number of rotatable bonds is 60. The second-order valence-electron chi connectivity index (χ2n) is 28.4. The van der Waals surface area contributed by atoms with E-state index in [1.54, 1.807) is 0 Å². The molecule has 2 aliphatic heterocycles. The summed E-state index contributed by atoms with van der Waals surface area (Å²) >= 11 is 0. The second kappa shape index (κ2) is 54.6. The maximum Gasteiger partial charge on any atom is 0.472 e. The van der Waals surface area contributed by atoms with E-state index < -0.39 is 156 Å². The Morgan fingerprint density at radius 3 is 1.10 bits per heavy atom. The highest BCUT2D eigenvalue weighted by Crippen LogP contribution is 2.49. The van der Waals surface area contributed by atoms with Crippen LogP contribution in [0.1, 0.15) is 310 Å². The van der Waals surface area contributed by atoms with Crippen LogP contribution < -0.4 is 0 Å². The number of hydrogen-bond acceptors (Lipinski definition) is 23. The van der Waals surface area contributed by atoms with Crippen LogP contribution in [0.2, 0.25) is 0 Å². The summed E-state index contributed by atoms with van der Waals surface area (Å²) in [7, 11) is -5.69. The molecule has 25 heteroatoms. The summed E-state index contributed by atoms with van der Waals surface area (Å²) < 4.78 is 65.1. The molecule has 0 bridgehead atoms. The first-order valence-corrected chi connectivity index (χ1v) is 40.2. The van der Waals surface area contributed by atoms with Gasteiger partial charge in [-0.2, -0.15) is 0 Å². The first-order chi connectivity index (χ1) is 47.2. The largest absolute Gasteiger partial charge is 0.472 e. The predicted octanol–water partition coefficient (Wildman–Crippen LogP) is 10.8. The van der Waals surface area contributed by atoms with Crippen LogP contribution in [-0.2, 0) is 61.2 Å². The zero-order valence-corrected chi connectivity index (χ0v) is 61.4. The van der Waals surface area contributed by atoms with E-state index in [1.807, 2.05) is 0 Å². The number of aliphatic hydroxyl groups excluding tert-OH is 10. The van der Waals surface area contributed by atoms with Crippen LogP contribution >= 0.6 is 7.82 Å². The second-order valence-corrected chi connectivity index (χ2v) is 29.8. The summed E-state index contributed by atoms with van der Waals surface area (Å²) in [6.45, 7) is 5.79. The van der Waals surface area contributed by atoms with Crippen molar-refractivity contribution in [2.75, 3.05) is 26.4 Å². The predicted molar refractivity (Wildman–Crippen MR) is 370 cm³/mol. The van der Waals surface area contributed by atoms with Crippen LogP contribution in [0.25, 0.3) is 0 Å². The minimum absolute atomic E-state index is 0.0331. The van der Waals surface area contributed by atoms with Gasteiger partial charge in [-0.15, -0.1) is 0 Å². The molecule has 0 radical (unpaired) electrons. The molecular weight excluding hydrogens is 1290 g/mol. The van der Waals surface area contributed by atoms with Gasteiger partial charge in [0, 0.05) is 19.3 Å². The van der Waals surface area contributed by atoms with Crippen molar-refractivity contribution in [3.8, 4) is 0 Å². The molecule has 1 aliphatic carbocycles.